The summed E-state index contributed by atoms with van der Waals surface area (Å²) >= 11 is 0. The van der Waals surface area contributed by atoms with E-state index in [1.54, 1.807) is 25.1 Å². The predicted octanol–water partition coefficient (Wildman–Crippen LogP) is 4.76. The van der Waals surface area contributed by atoms with Crippen LogP contribution in [0.5, 0.6) is 0 Å². The van der Waals surface area contributed by atoms with Crippen LogP contribution in [-0.4, -0.2) is 29.0 Å². The maximum absolute atomic E-state index is 13.2. The second-order valence-electron chi connectivity index (χ2n) is 8.85. The van der Waals surface area contributed by atoms with Gasteiger partial charge in [0.2, 0.25) is 0 Å². The Kier molecular flexibility index (Phi) is 6.19. The third-order valence-electron chi connectivity index (χ3n) is 5.77. The molecule has 2 aliphatic rings. The van der Waals surface area contributed by atoms with E-state index in [-0.39, 0.29) is 23.5 Å². The first-order valence-corrected chi connectivity index (χ1v) is 10.4. The number of hydrogen-bond donors (Lipinski definition) is 0. The number of benzene rings is 1. The van der Waals surface area contributed by atoms with Crippen molar-refractivity contribution >= 4 is 23.2 Å². The van der Waals surface area contributed by atoms with Gasteiger partial charge in [-0.15, -0.1) is 0 Å². The number of ketones is 1. The summed E-state index contributed by atoms with van der Waals surface area (Å²) in [5, 5.41) is 11.7. The molecule has 3 rings (SSSR count). The predicted molar refractivity (Wildman–Crippen MR) is 113 cm³/mol. The number of carbonyl (C=O) groups is 2. The van der Waals surface area contributed by atoms with E-state index in [0.717, 1.165) is 12.8 Å². The molecule has 0 saturated carbocycles. The molecule has 7 nitrogen and oxygen atoms in total. The van der Waals surface area contributed by atoms with E-state index in [1.807, 2.05) is 20.8 Å². The Morgan fingerprint density at radius 1 is 1.30 bits per heavy atom. The van der Waals surface area contributed by atoms with Crippen molar-refractivity contribution in [1.29, 1.82) is 0 Å². The molecule has 0 bridgehead atoms. The van der Waals surface area contributed by atoms with E-state index in [1.165, 1.54) is 6.07 Å². The fraction of sp³-hybridized carbons (Fsp3) is 0.522. The van der Waals surface area contributed by atoms with Crippen LogP contribution >= 0.6 is 0 Å². The quantitative estimate of drug-likeness (QED) is 0.290. The van der Waals surface area contributed by atoms with Gasteiger partial charge in [-0.05, 0) is 25.2 Å². The standard InChI is InChI=1S/C23H28N2O5/c1-5-6-11-30-22(27)19-14(2)24-16-12-23(3,4)13-18(26)21(16)20(19)15-9-7-8-10-17(15)25(28)29/h7-10,19-20H,5-6,11-13H2,1-4H3/t19?,20-/m0/s1. The fourth-order valence-electron chi connectivity index (χ4n) is 4.41. The smallest absolute Gasteiger partial charge is 0.315 e. The van der Waals surface area contributed by atoms with Crippen LogP contribution in [0.25, 0.3) is 0 Å². The fourth-order valence-corrected chi connectivity index (χ4v) is 4.41. The van der Waals surface area contributed by atoms with Crippen molar-refractivity contribution in [2.24, 2.45) is 16.3 Å². The zero-order chi connectivity index (χ0) is 22.1. The molecule has 0 fully saturated rings. The number of aliphatic imine (C=N–C) groups is 1. The van der Waals surface area contributed by atoms with Crippen LogP contribution in [0, 0.1) is 21.4 Å². The highest BCUT2D eigenvalue weighted by Gasteiger charge is 2.47. The van der Waals surface area contributed by atoms with Crippen molar-refractivity contribution in [2.75, 3.05) is 6.61 Å². The normalized spacial score (nSPS) is 22.9. The summed E-state index contributed by atoms with van der Waals surface area (Å²) < 4.78 is 5.48. The van der Waals surface area contributed by atoms with Crippen LogP contribution in [0.3, 0.4) is 0 Å². The number of ether oxygens (including phenoxy) is 1. The van der Waals surface area contributed by atoms with Gasteiger partial charge in [0.25, 0.3) is 5.69 Å². The number of hydrogen-bond acceptors (Lipinski definition) is 6. The number of nitrogens with zero attached hydrogens (tertiary/aromatic N) is 2. The molecule has 0 amide bonds. The highest BCUT2D eigenvalue weighted by molar-refractivity contribution is 6.09. The van der Waals surface area contributed by atoms with Crippen molar-refractivity contribution in [3.63, 3.8) is 0 Å². The Balaban J connectivity index is 2.16. The summed E-state index contributed by atoms with van der Waals surface area (Å²) in [6, 6.07) is 6.32. The van der Waals surface area contributed by atoms with Crippen molar-refractivity contribution in [1.82, 2.24) is 0 Å². The van der Waals surface area contributed by atoms with Crippen molar-refractivity contribution in [2.45, 2.75) is 59.3 Å². The lowest BCUT2D eigenvalue weighted by atomic mass is 9.66. The molecule has 1 aliphatic heterocycles. The van der Waals surface area contributed by atoms with Gasteiger partial charge < -0.3 is 4.74 Å². The Bertz CT molecular complexity index is 945. The minimum atomic E-state index is -0.855. The zero-order valence-electron chi connectivity index (χ0n) is 17.9. The van der Waals surface area contributed by atoms with Crippen LogP contribution in [0.15, 0.2) is 40.5 Å². The highest BCUT2D eigenvalue weighted by Crippen LogP contribution is 2.49. The first kappa shape index (κ1) is 21.9. The molecular weight excluding hydrogens is 384 g/mol. The topological polar surface area (TPSA) is 98.9 Å². The van der Waals surface area contributed by atoms with Crippen LogP contribution in [0.4, 0.5) is 5.69 Å². The van der Waals surface area contributed by atoms with E-state index in [9.17, 15) is 19.7 Å². The second-order valence-corrected chi connectivity index (χ2v) is 8.85. The Hall–Kier alpha value is -2.83. The Morgan fingerprint density at radius 3 is 2.67 bits per heavy atom. The molecule has 30 heavy (non-hydrogen) atoms. The largest absolute Gasteiger partial charge is 0.465 e. The van der Waals surface area contributed by atoms with Gasteiger partial charge in [-0.2, -0.15) is 0 Å². The first-order chi connectivity index (χ1) is 14.2. The number of unbranched alkanes of at least 4 members (excludes halogenated alkanes) is 1. The molecule has 0 N–H and O–H groups in total. The summed E-state index contributed by atoms with van der Waals surface area (Å²) in [6.07, 6.45) is 2.50. The molecule has 1 heterocycles. The minimum Gasteiger partial charge on any atom is -0.465 e. The monoisotopic (exact) mass is 412 g/mol. The number of esters is 1. The minimum absolute atomic E-state index is 0.104. The lowest BCUT2D eigenvalue weighted by Crippen LogP contribution is -2.39. The number of allylic oxidation sites excluding steroid dienone is 2. The molecule has 2 atom stereocenters. The molecule has 0 spiro atoms. The van der Waals surface area contributed by atoms with Crippen LogP contribution in [-0.2, 0) is 14.3 Å². The number of para-hydroxylation sites is 1. The number of Topliss-reactive ketones (excluding diaryl/α,β-unsaturated/α-hetero) is 1. The molecule has 160 valence electrons. The van der Waals surface area contributed by atoms with Gasteiger partial charge in [0.1, 0.15) is 5.92 Å². The zero-order valence-corrected chi connectivity index (χ0v) is 17.9. The number of rotatable bonds is 6. The van der Waals surface area contributed by atoms with Gasteiger partial charge in [0, 0.05) is 41.0 Å². The van der Waals surface area contributed by atoms with Crippen molar-refractivity contribution < 1.29 is 19.2 Å². The van der Waals surface area contributed by atoms with Crippen LogP contribution in [0.1, 0.15) is 64.9 Å². The highest BCUT2D eigenvalue weighted by atomic mass is 16.6. The molecule has 0 radical (unpaired) electrons. The average molecular weight is 412 g/mol. The average Bonchev–Trinajstić information content (AvgIpc) is 2.65. The van der Waals surface area contributed by atoms with E-state index in [4.69, 9.17) is 4.74 Å². The molecule has 0 aromatic heterocycles. The molecule has 7 heteroatoms. The third-order valence-corrected chi connectivity index (χ3v) is 5.77. The van der Waals surface area contributed by atoms with E-state index < -0.39 is 22.7 Å². The van der Waals surface area contributed by atoms with E-state index in [0.29, 0.717) is 35.4 Å². The van der Waals surface area contributed by atoms with E-state index in [2.05, 4.69) is 4.99 Å². The Morgan fingerprint density at radius 2 is 2.00 bits per heavy atom. The van der Waals surface area contributed by atoms with Gasteiger partial charge in [-0.1, -0.05) is 45.4 Å². The van der Waals surface area contributed by atoms with E-state index >= 15 is 0 Å². The first-order valence-electron chi connectivity index (χ1n) is 10.4. The lowest BCUT2D eigenvalue weighted by Gasteiger charge is -2.38. The number of nitro benzene ring substituents is 1. The third kappa shape index (κ3) is 4.20. The molecule has 1 aromatic rings. The summed E-state index contributed by atoms with van der Waals surface area (Å²) in [5.41, 5.74) is 1.59. The maximum atomic E-state index is 13.2. The summed E-state index contributed by atoms with van der Waals surface area (Å²) in [6.45, 7) is 8.02. The van der Waals surface area contributed by atoms with Gasteiger partial charge in [0.05, 0.1) is 11.5 Å². The van der Waals surface area contributed by atoms with Crippen LogP contribution < -0.4 is 0 Å². The van der Waals surface area contributed by atoms with Crippen molar-refractivity contribution in [3.8, 4) is 0 Å². The van der Waals surface area contributed by atoms with Crippen LogP contribution in [0.2, 0.25) is 0 Å². The summed E-state index contributed by atoms with van der Waals surface area (Å²) in [7, 11) is 0. The maximum Gasteiger partial charge on any atom is 0.315 e. The number of nitro groups is 1. The molecule has 0 saturated heterocycles. The molecular formula is C23H28N2O5. The van der Waals surface area contributed by atoms with Crippen molar-refractivity contribution in [3.05, 3.63) is 51.2 Å². The lowest BCUT2D eigenvalue weighted by molar-refractivity contribution is -0.385. The number of carbonyl (C=O) groups excluding carboxylic acids is 2. The van der Waals surface area contributed by atoms with Gasteiger partial charge in [-0.25, -0.2) is 0 Å². The second kappa shape index (κ2) is 8.50. The summed E-state index contributed by atoms with van der Waals surface area (Å²) in [5.74, 6) is -2.22. The van der Waals surface area contributed by atoms with Gasteiger partial charge in [0.15, 0.2) is 5.78 Å². The van der Waals surface area contributed by atoms with Gasteiger partial charge in [-0.3, -0.25) is 24.7 Å². The molecule has 1 unspecified atom stereocenters. The molecule has 1 aromatic carbocycles. The SMILES string of the molecule is CCCCOC(=O)C1C(C)=NC2=C(C(=O)CC(C)(C)C2)[C@H]1c1ccccc1[N+](=O)[O-]. The molecule has 1 aliphatic carbocycles. The van der Waals surface area contributed by atoms with Gasteiger partial charge >= 0.3 is 5.97 Å². The summed E-state index contributed by atoms with van der Waals surface area (Å²) in [4.78, 5) is 42.2. The Labute approximate surface area is 176 Å².